The minimum atomic E-state index is -1.02. The van der Waals surface area contributed by atoms with Crippen molar-refractivity contribution in [2.24, 2.45) is 0 Å². The van der Waals surface area contributed by atoms with Gasteiger partial charge in [0.1, 0.15) is 17.9 Å². The maximum Gasteiger partial charge on any atom is 0.326 e. The molecule has 9 nitrogen and oxygen atoms in total. The fourth-order valence-electron chi connectivity index (χ4n) is 2.47. The van der Waals surface area contributed by atoms with Crippen LogP contribution >= 0.6 is 0 Å². The Bertz CT molecular complexity index is 882. The Morgan fingerprint density at radius 2 is 2.04 bits per heavy atom. The molecule has 1 aliphatic rings. The number of imide groups is 1. The molecule has 27 heavy (non-hydrogen) atoms. The molecular formula is C17H17FN4O5. The molecule has 1 atom stereocenters. The van der Waals surface area contributed by atoms with Crippen molar-refractivity contribution in [2.45, 2.75) is 32.4 Å². The number of nitrogens with zero attached hydrogens (tertiary/aromatic N) is 3. The fourth-order valence-corrected chi connectivity index (χ4v) is 2.47. The first-order valence-electron chi connectivity index (χ1n) is 8.20. The van der Waals surface area contributed by atoms with Crippen LogP contribution in [0.2, 0.25) is 0 Å². The summed E-state index contributed by atoms with van der Waals surface area (Å²) in [6.45, 7) is 2.55. The number of benzene rings is 1. The lowest BCUT2D eigenvalue weighted by Gasteiger charge is -2.18. The predicted octanol–water partition coefficient (Wildman–Crippen LogP) is 1.64. The molecule has 0 saturated carbocycles. The molecule has 1 aliphatic heterocycles. The van der Waals surface area contributed by atoms with Crippen LogP contribution < -0.4 is 5.32 Å². The van der Waals surface area contributed by atoms with Gasteiger partial charge >= 0.3 is 12.0 Å². The van der Waals surface area contributed by atoms with Crippen LogP contribution in [0.4, 0.5) is 9.18 Å². The normalized spacial score (nSPS) is 19.3. The van der Waals surface area contributed by atoms with Crippen molar-refractivity contribution in [1.82, 2.24) is 20.4 Å². The van der Waals surface area contributed by atoms with E-state index >= 15 is 0 Å². The van der Waals surface area contributed by atoms with Crippen molar-refractivity contribution < 1.29 is 28.0 Å². The van der Waals surface area contributed by atoms with E-state index in [1.165, 1.54) is 24.3 Å². The van der Waals surface area contributed by atoms with E-state index in [1.54, 1.807) is 13.8 Å². The molecule has 0 radical (unpaired) electrons. The van der Waals surface area contributed by atoms with Crippen LogP contribution in [0.15, 0.2) is 28.8 Å². The number of halogens is 1. The average molecular weight is 376 g/mol. The van der Waals surface area contributed by atoms with Crippen LogP contribution in [0, 0.1) is 5.82 Å². The Morgan fingerprint density at radius 1 is 1.33 bits per heavy atom. The van der Waals surface area contributed by atoms with E-state index in [4.69, 9.17) is 9.26 Å². The molecule has 142 valence electrons. The molecule has 3 amide bonds. The Labute approximate surface area is 153 Å². The van der Waals surface area contributed by atoms with Crippen LogP contribution in [0.5, 0.6) is 0 Å². The maximum atomic E-state index is 12.9. The molecule has 0 spiro atoms. The number of nitrogens with one attached hydrogen (secondary N) is 1. The molecule has 1 fully saturated rings. The van der Waals surface area contributed by atoms with Gasteiger partial charge in [-0.15, -0.1) is 0 Å². The average Bonchev–Trinajstić information content (AvgIpc) is 3.20. The van der Waals surface area contributed by atoms with E-state index in [1.807, 2.05) is 0 Å². The summed E-state index contributed by atoms with van der Waals surface area (Å²) in [6.07, 6.45) is 0.401. The van der Waals surface area contributed by atoms with Crippen LogP contribution in [0.25, 0.3) is 11.5 Å². The molecule has 2 heterocycles. The summed E-state index contributed by atoms with van der Waals surface area (Å²) in [7, 11) is 0. The van der Waals surface area contributed by atoms with Crippen molar-refractivity contribution in [3.05, 3.63) is 35.9 Å². The van der Waals surface area contributed by atoms with E-state index in [0.29, 0.717) is 12.0 Å². The molecule has 0 bridgehead atoms. The van der Waals surface area contributed by atoms with Crippen LogP contribution in [0.3, 0.4) is 0 Å². The second-order valence-electron chi connectivity index (χ2n) is 6.19. The van der Waals surface area contributed by atoms with Gasteiger partial charge in [0.25, 0.3) is 11.8 Å². The highest BCUT2D eigenvalue weighted by atomic mass is 19.1. The number of carbonyl (C=O) groups is 3. The number of aromatic nitrogens is 2. The summed E-state index contributed by atoms with van der Waals surface area (Å²) < 4.78 is 23.0. The lowest BCUT2D eigenvalue weighted by Crippen LogP contribution is -2.43. The number of ether oxygens (including phenoxy) is 1. The maximum absolute atomic E-state index is 12.9. The molecule has 10 heteroatoms. The number of carbonyl (C=O) groups excluding carboxylic acids is 3. The molecular weight excluding hydrogens is 359 g/mol. The summed E-state index contributed by atoms with van der Waals surface area (Å²) in [4.78, 5) is 40.9. The van der Waals surface area contributed by atoms with Gasteiger partial charge in [0.2, 0.25) is 5.82 Å². The van der Waals surface area contributed by atoms with Gasteiger partial charge in [-0.1, -0.05) is 12.1 Å². The number of urea groups is 1. The lowest BCUT2D eigenvalue weighted by molar-refractivity contribution is -0.149. The molecule has 3 rings (SSSR count). The molecule has 2 aromatic rings. The van der Waals surface area contributed by atoms with Gasteiger partial charge in [0, 0.05) is 5.56 Å². The van der Waals surface area contributed by atoms with Crippen molar-refractivity contribution in [1.29, 1.82) is 0 Å². The van der Waals surface area contributed by atoms with E-state index in [9.17, 15) is 18.8 Å². The zero-order valence-electron chi connectivity index (χ0n) is 14.7. The SMILES string of the molecule is CCC1(C)NC(=O)N(CC(=O)OCc2noc(-c3ccc(F)cc3)n2)C1=O. The second-order valence-corrected chi connectivity index (χ2v) is 6.19. The second kappa shape index (κ2) is 7.14. The topological polar surface area (TPSA) is 115 Å². The fraction of sp³-hybridized carbons (Fsp3) is 0.353. The third-order valence-corrected chi connectivity index (χ3v) is 4.26. The number of hydrogen-bond donors (Lipinski definition) is 1. The third-order valence-electron chi connectivity index (χ3n) is 4.26. The Morgan fingerprint density at radius 3 is 2.67 bits per heavy atom. The number of hydrogen-bond acceptors (Lipinski definition) is 7. The van der Waals surface area contributed by atoms with Gasteiger partial charge in [-0.05, 0) is 37.6 Å². The zero-order chi connectivity index (χ0) is 19.6. The molecule has 1 N–H and O–H groups in total. The smallest absolute Gasteiger partial charge is 0.326 e. The Hall–Kier alpha value is -3.30. The van der Waals surface area contributed by atoms with Crippen molar-refractivity contribution in [2.75, 3.05) is 6.54 Å². The van der Waals surface area contributed by atoms with Crippen molar-refractivity contribution in [3.63, 3.8) is 0 Å². The van der Waals surface area contributed by atoms with Crippen LogP contribution in [-0.4, -0.2) is 45.0 Å². The standard InChI is InChI=1S/C17H17FN4O5/c1-3-17(2)15(24)22(16(25)20-17)8-13(23)26-9-12-19-14(27-21-12)10-4-6-11(18)7-5-10/h4-7H,3,8-9H2,1-2H3,(H,20,25). The van der Waals surface area contributed by atoms with Gasteiger partial charge < -0.3 is 14.6 Å². The lowest BCUT2D eigenvalue weighted by atomic mass is 9.99. The summed E-state index contributed by atoms with van der Waals surface area (Å²) in [5, 5.41) is 6.22. The highest BCUT2D eigenvalue weighted by molar-refractivity contribution is 6.08. The third kappa shape index (κ3) is 3.78. The first kappa shape index (κ1) is 18.5. The van der Waals surface area contributed by atoms with Crippen molar-refractivity contribution in [3.8, 4) is 11.5 Å². The van der Waals surface area contributed by atoms with Gasteiger partial charge in [0.05, 0.1) is 0 Å². The minimum absolute atomic E-state index is 0.0956. The van der Waals surface area contributed by atoms with Gasteiger partial charge in [-0.3, -0.25) is 14.5 Å². The first-order chi connectivity index (χ1) is 12.8. The number of amides is 3. The zero-order valence-corrected chi connectivity index (χ0v) is 14.7. The molecule has 1 aromatic carbocycles. The Kier molecular flexibility index (Phi) is 4.89. The first-order valence-corrected chi connectivity index (χ1v) is 8.20. The molecule has 1 saturated heterocycles. The van der Waals surface area contributed by atoms with Gasteiger partial charge in [-0.2, -0.15) is 4.98 Å². The van der Waals surface area contributed by atoms with E-state index in [0.717, 1.165) is 4.90 Å². The molecule has 1 unspecified atom stereocenters. The largest absolute Gasteiger partial charge is 0.456 e. The summed E-state index contributed by atoms with van der Waals surface area (Å²) in [5.74, 6) is -1.42. The van der Waals surface area contributed by atoms with E-state index in [-0.39, 0.29) is 18.3 Å². The molecule has 0 aliphatic carbocycles. The number of esters is 1. The minimum Gasteiger partial charge on any atom is -0.456 e. The van der Waals surface area contributed by atoms with Gasteiger partial charge in [0.15, 0.2) is 6.61 Å². The monoisotopic (exact) mass is 376 g/mol. The van der Waals surface area contributed by atoms with Crippen LogP contribution in [-0.2, 0) is 20.9 Å². The van der Waals surface area contributed by atoms with Crippen LogP contribution in [0.1, 0.15) is 26.1 Å². The number of rotatable bonds is 6. The Balaban J connectivity index is 1.56. The summed E-state index contributed by atoms with van der Waals surface area (Å²) in [6, 6.07) is 4.81. The highest BCUT2D eigenvalue weighted by Gasteiger charge is 2.47. The molecule has 1 aromatic heterocycles. The highest BCUT2D eigenvalue weighted by Crippen LogP contribution is 2.21. The quantitative estimate of drug-likeness (QED) is 0.602. The summed E-state index contributed by atoms with van der Waals surface area (Å²) >= 11 is 0. The van der Waals surface area contributed by atoms with Gasteiger partial charge in [-0.25, -0.2) is 9.18 Å². The van der Waals surface area contributed by atoms with E-state index < -0.39 is 35.8 Å². The van der Waals surface area contributed by atoms with E-state index in [2.05, 4.69) is 15.5 Å². The summed E-state index contributed by atoms with van der Waals surface area (Å²) in [5.41, 5.74) is -0.505. The predicted molar refractivity (Wildman–Crippen MR) is 88.4 cm³/mol. The van der Waals surface area contributed by atoms with Crippen molar-refractivity contribution >= 4 is 17.9 Å².